The second-order valence-corrected chi connectivity index (χ2v) is 6.67. The largest absolute Gasteiger partial charge is 0.472 e. The van der Waals surface area contributed by atoms with Crippen LogP contribution in [-0.2, 0) is 6.54 Å². The van der Waals surface area contributed by atoms with Gasteiger partial charge in [0.25, 0.3) is 0 Å². The van der Waals surface area contributed by atoms with Gasteiger partial charge in [-0.3, -0.25) is 0 Å². The Morgan fingerprint density at radius 2 is 2.16 bits per heavy atom. The van der Waals surface area contributed by atoms with Gasteiger partial charge < -0.3 is 14.6 Å². The van der Waals surface area contributed by atoms with E-state index in [0.717, 1.165) is 12.6 Å². The van der Waals surface area contributed by atoms with Crippen molar-refractivity contribution in [2.75, 3.05) is 20.1 Å². The van der Waals surface area contributed by atoms with Crippen LogP contribution in [0, 0.1) is 5.41 Å². The minimum Gasteiger partial charge on any atom is -0.472 e. The molecule has 1 N–H and O–H groups in total. The van der Waals surface area contributed by atoms with E-state index in [0.29, 0.717) is 5.41 Å². The van der Waals surface area contributed by atoms with Crippen LogP contribution in [0.15, 0.2) is 23.0 Å². The fourth-order valence-electron chi connectivity index (χ4n) is 3.49. The molecule has 2 aliphatic carbocycles. The molecule has 19 heavy (non-hydrogen) atoms. The van der Waals surface area contributed by atoms with Gasteiger partial charge in [0, 0.05) is 31.2 Å². The van der Waals surface area contributed by atoms with Crippen LogP contribution in [0.2, 0.25) is 0 Å². The van der Waals surface area contributed by atoms with Gasteiger partial charge in [0.1, 0.15) is 0 Å². The van der Waals surface area contributed by atoms with Crippen molar-refractivity contribution in [3.8, 4) is 0 Å². The highest BCUT2D eigenvalue weighted by atomic mass is 16.3. The smallest absolute Gasteiger partial charge is 0.0947 e. The molecule has 0 radical (unpaired) electrons. The Hall–Kier alpha value is -0.800. The summed E-state index contributed by atoms with van der Waals surface area (Å²) in [4.78, 5) is 2.46. The first kappa shape index (κ1) is 13.2. The maximum atomic E-state index is 5.16. The molecule has 1 aromatic rings. The third kappa shape index (κ3) is 3.61. The number of hydrogen-bond acceptors (Lipinski definition) is 3. The molecule has 106 valence electrons. The fourth-order valence-corrected chi connectivity index (χ4v) is 3.49. The molecule has 2 fully saturated rings. The van der Waals surface area contributed by atoms with E-state index in [1.165, 1.54) is 57.2 Å². The molecular weight excluding hydrogens is 236 g/mol. The van der Waals surface area contributed by atoms with E-state index in [1.54, 1.807) is 6.26 Å². The first-order chi connectivity index (χ1) is 9.26. The molecule has 3 nitrogen and oxygen atoms in total. The second kappa shape index (κ2) is 5.68. The summed E-state index contributed by atoms with van der Waals surface area (Å²) in [5.74, 6) is 0. The first-order valence-electron chi connectivity index (χ1n) is 7.69. The van der Waals surface area contributed by atoms with Crippen molar-refractivity contribution in [1.29, 1.82) is 0 Å². The third-order valence-corrected chi connectivity index (χ3v) is 4.65. The Kier molecular flexibility index (Phi) is 3.94. The first-order valence-corrected chi connectivity index (χ1v) is 7.69. The van der Waals surface area contributed by atoms with E-state index in [2.05, 4.69) is 23.3 Å². The lowest BCUT2D eigenvalue weighted by atomic mass is 9.85. The minimum atomic E-state index is 0.515. The number of hydrogen-bond donors (Lipinski definition) is 1. The van der Waals surface area contributed by atoms with Crippen molar-refractivity contribution in [2.45, 2.75) is 51.1 Å². The highest BCUT2D eigenvalue weighted by Gasteiger charge is 2.36. The maximum Gasteiger partial charge on any atom is 0.0947 e. The second-order valence-electron chi connectivity index (χ2n) is 6.67. The summed E-state index contributed by atoms with van der Waals surface area (Å²) in [5.41, 5.74) is 1.80. The summed E-state index contributed by atoms with van der Waals surface area (Å²) in [6.07, 6.45) is 12.0. The summed E-state index contributed by atoms with van der Waals surface area (Å²) < 4.78 is 5.16. The molecule has 2 aliphatic rings. The number of furan rings is 1. The van der Waals surface area contributed by atoms with Crippen LogP contribution in [0.5, 0.6) is 0 Å². The van der Waals surface area contributed by atoms with Crippen molar-refractivity contribution < 1.29 is 4.42 Å². The van der Waals surface area contributed by atoms with Crippen molar-refractivity contribution in [1.82, 2.24) is 10.2 Å². The van der Waals surface area contributed by atoms with Crippen molar-refractivity contribution >= 4 is 0 Å². The van der Waals surface area contributed by atoms with E-state index in [4.69, 9.17) is 4.42 Å². The monoisotopic (exact) mass is 262 g/mol. The summed E-state index contributed by atoms with van der Waals surface area (Å²) in [6, 6.07) is 2.90. The van der Waals surface area contributed by atoms with Crippen LogP contribution in [-0.4, -0.2) is 31.1 Å². The van der Waals surface area contributed by atoms with Crippen LogP contribution in [0.3, 0.4) is 0 Å². The van der Waals surface area contributed by atoms with E-state index in [9.17, 15) is 0 Å². The predicted molar refractivity (Wildman–Crippen MR) is 77.0 cm³/mol. The SMILES string of the molecule is CN(Cc1ccoc1)CC1(CNC2CC2)CCCC1. The van der Waals surface area contributed by atoms with Gasteiger partial charge in [-0.1, -0.05) is 12.8 Å². The Balaban J connectivity index is 1.53. The molecule has 0 bridgehead atoms. The van der Waals surface area contributed by atoms with E-state index in [1.807, 2.05) is 6.26 Å². The average molecular weight is 262 g/mol. The van der Waals surface area contributed by atoms with Gasteiger partial charge in [-0.05, 0) is 44.2 Å². The lowest BCUT2D eigenvalue weighted by Gasteiger charge is -2.34. The van der Waals surface area contributed by atoms with Crippen LogP contribution in [0.1, 0.15) is 44.1 Å². The Morgan fingerprint density at radius 3 is 2.79 bits per heavy atom. The standard InChI is InChI=1S/C16H26N2O/c1-18(10-14-6-9-19-11-14)13-16(7-2-3-8-16)12-17-15-4-5-15/h6,9,11,15,17H,2-5,7-8,10,12-13H2,1H3. The number of rotatable bonds is 7. The van der Waals surface area contributed by atoms with Crippen molar-refractivity contribution in [3.63, 3.8) is 0 Å². The van der Waals surface area contributed by atoms with Crippen molar-refractivity contribution in [2.24, 2.45) is 5.41 Å². The molecule has 0 unspecified atom stereocenters. The molecule has 3 heteroatoms. The normalized spacial score (nSPS) is 22.2. The molecule has 0 spiro atoms. The molecule has 1 aromatic heterocycles. The van der Waals surface area contributed by atoms with Crippen LogP contribution < -0.4 is 5.32 Å². The molecule has 3 rings (SSSR count). The number of nitrogens with one attached hydrogen (secondary N) is 1. The minimum absolute atomic E-state index is 0.515. The summed E-state index contributed by atoms with van der Waals surface area (Å²) >= 11 is 0. The summed E-state index contributed by atoms with van der Waals surface area (Å²) in [6.45, 7) is 3.42. The molecule has 0 amide bonds. The van der Waals surface area contributed by atoms with Crippen LogP contribution in [0.25, 0.3) is 0 Å². The van der Waals surface area contributed by atoms with Crippen LogP contribution in [0.4, 0.5) is 0 Å². The van der Waals surface area contributed by atoms with Gasteiger partial charge in [0.05, 0.1) is 12.5 Å². The molecule has 0 aromatic carbocycles. The van der Waals surface area contributed by atoms with Gasteiger partial charge in [-0.15, -0.1) is 0 Å². The zero-order valence-corrected chi connectivity index (χ0v) is 12.0. The van der Waals surface area contributed by atoms with Gasteiger partial charge in [-0.2, -0.15) is 0 Å². The zero-order chi connectivity index (χ0) is 13.1. The molecule has 1 heterocycles. The zero-order valence-electron chi connectivity index (χ0n) is 12.0. The number of nitrogens with zero attached hydrogens (tertiary/aromatic N) is 1. The average Bonchev–Trinajstić information content (AvgIpc) is 2.87. The van der Waals surface area contributed by atoms with Crippen LogP contribution >= 0.6 is 0 Å². The van der Waals surface area contributed by atoms with Gasteiger partial charge in [-0.25, -0.2) is 0 Å². The predicted octanol–water partition coefficient (Wildman–Crippen LogP) is 3.02. The highest BCUT2D eigenvalue weighted by Crippen LogP contribution is 2.39. The summed E-state index contributed by atoms with van der Waals surface area (Å²) in [7, 11) is 2.24. The van der Waals surface area contributed by atoms with E-state index in [-0.39, 0.29) is 0 Å². The molecule has 0 atom stereocenters. The Morgan fingerprint density at radius 1 is 1.37 bits per heavy atom. The van der Waals surface area contributed by atoms with Gasteiger partial charge in [0.2, 0.25) is 0 Å². The molecule has 0 saturated heterocycles. The van der Waals surface area contributed by atoms with Crippen molar-refractivity contribution in [3.05, 3.63) is 24.2 Å². The fraction of sp³-hybridized carbons (Fsp3) is 0.750. The highest BCUT2D eigenvalue weighted by molar-refractivity contribution is 5.05. The molecule has 0 aliphatic heterocycles. The molecular formula is C16H26N2O. The third-order valence-electron chi connectivity index (χ3n) is 4.65. The maximum absolute atomic E-state index is 5.16. The molecule has 2 saturated carbocycles. The van der Waals surface area contributed by atoms with Gasteiger partial charge in [0.15, 0.2) is 0 Å². The lowest BCUT2D eigenvalue weighted by molar-refractivity contribution is 0.167. The topological polar surface area (TPSA) is 28.4 Å². The summed E-state index contributed by atoms with van der Waals surface area (Å²) in [5, 5.41) is 3.76. The Labute approximate surface area is 116 Å². The van der Waals surface area contributed by atoms with E-state index >= 15 is 0 Å². The van der Waals surface area contributed by atoms with Gasteiger partial charge >= 0.3 is 0 Å². The Bertz CT molecular complexity index is 377. The van der Waals surface area contributed by atoms with E-state index < -0.39 is 0 Å². The quantitative estimate of drug-likeness (QED) is 0.819. The lowest BCUT2D eigenvalue weighted by Crippen LogP contribution is -2.41.